The second-order valence-electron chi connectivity index (χ2n) is 7.16. The Hall–Kier alpha value is -3.56. The molecular weight excluding hydrogens is 432 g/mol. The highest BCUT2D eigenvalue weighted by atomic mass is 35.5. The third kappa shape index (κ3) is 2.85. The molecule has 0 amide bonds. The highest BCUT2D eigenvalue weighted by molar-refractivity contribution is 7.19. The topological polar surface area (TPSA) is 101 Å². The summed E-state index contributed by atoms with van der Waals surface area (Å²) in [5.74, 6) is 1.55. The van der Waals surface area contributed by atoms with Gasteiger partial charge in [-0.25, -0.2) is 15.0 Å². The maximum atomic E-state index is 6.13. The summed E-state index contributed by atoms with van der Waals surface area (Å²) in [5.41, 5.74) is 6.43. The number of hydrogen-bond acceptors (Lipinski definition) is 6. The summed E-state index contributed by atoms with van der Waals surface area (Å²) in [6, 6.07) is 9.65. The minimum absolute atomic E-state index is 0.629. The molecule has 0 radical (unpaired) electrons. The Labute approximate surface area is 185 Å². The summed E-state index contributed by atoms with van der Waals surface area (Å²) < 4.78 is 2.73. The molecule has 10 heteroatoms. The van der Waals surface area contributed by atoms with E-state index in [-0.39, 0.29) is 0 Å². The zero-order chi connectivity index (χ0) is 21.1. The van der Waals surface area contributed by atoms with Gasteiger partial charge in [-0.3, -0.25) is 10.1 Å². The lowest BCUT2D eigenvalue weighted by Crippen LogP contribution is -1.96. The molecule has 0 unspecified atom stereocenters. The van der Waals surface area contributed by atoms with Crippen molar-refractivity contribution in [2.24, 2.45) is 7.05 Å². The summed E-state index contributed by atoms with van der Waals surface area (Å²) in [6.07, 6.45) is 3.59. The number of aromatic nitrogens is 8. The maximum Gasteiger partial charge on any atom is 0.161 e. The van der Waals surface area contributed by atoms with E-state index in [9.17, 15) is 0 Å². The molecule has 0 saturated carbocycles. The predicted molar refractivity (Wildman–Crippen MR) is 122 cm³/mol. The second-order valence-corrected chi connectivity index (χ2v) is 8.87. The average Bonchev–Trinajstić information content (AvgIpc) is 3.54. The molecular formula is C21H15ClN8S. The van der Waals surface area contributed by atoms with Gasteiger partial charge in [0.25, 0.3) is 0 Å². The van der Waals surface area contributed by atoms with Gasteiger partial charge in [0, 0.05) is 13.2 Å². The second kappa shape index (κ2) is 6.73. The first kappa shape index (κ1) is 18.2. The molecule has 152 valence electrons. The van der Waals surface area contributed by atoms with Crippen LogP contribution in [0.25, 0.3) is 55.5 Å². The van der Waals surface area contributed by atoms with Crippen LogP contribution in [0, 0.1) is 6.92 Å². The smallest absolute Gasteiger partial charge is 0.161 e. The molecule has 0 atom stereocenters. The molecule has 0 aliphatic heterocycles. The van der Waals surface area contributed by atoms with Crippen LogP contribution in [0.2, 0.25) is 4.34 Å². The van der Waals surface area contributed by atoms with Gasteiger partial charge in [-0.1, -0.05) is 11.6 Å². The fourth-order valence-electron chi connectivity index (χ4n) is 3.62. The van der Waals surface area contributed by atoms with Crippen LogP contribution in [-0.2, 0) is 7.05 Å². The standard InChI is InChI=1S/C21H15ClN8S/c1-10-24-9-14(30(10)2)11-3-4-13-18(25-11)20(29-28-13)21-26-12-7-8-23-19(17(12)27-21)15-5-6-16(22)31-15/h3-9H,1-2H3,(H,26,27)(H,28,29). The third-order valence-electron chi connectivity index (χ3n) is 5.32. The van der Waals surface area contributed by atoms with Crippen LogP contribution in [0.5, 0.6) is 0 Å². The first-order valence-corrected chi connectivity index (χ1v) is 10.7. The number of halogens is 1. The molecule has 6 heterocycles. The van der Waals surface area contributed by atoms with Crippen molar-refractivity contribution in [1.29, 1.82) is 0 Å². The highest BCUT2D eigenvalue weighted by Crippen LogP contribution is 2.35. The number of aromatic amines is 2. The zero-order valence-electron chi connectivity index (χ0n) is 16.5. The van der Waals surface area contributed by atoms with Gasteiger partial charge in [-0.05, 0) is 37.3 Å². The molecule has 31 heavy (non-hydrogen) atoms. The minimum atomic E-state index is 0.629. The Kier molecular flexibility index (Phi) is 3.95. The highest BCUT2D eigenvalue weighted by Gasteiger charge is 2.18. The van der Waals surface area contributed by atoms with E-state index in [1.165, 1.54) is 11.3 Å². The molecule has 0 aliphatic rings. The van der Waals surface area contributed by atoms with Crippen molar-refractivity contribution in [3.8, 4) is 33.5 Å². The van der Waals surface area contributed by atoms with E-state index in [0.29, 0.717) is 15.9 Å². The van der Waals surface area contributed by atoms with Crippen LogP contribution in [0.15, 0.2) is 42.7 Å². The zero-order valence-corrected chi connectivity index (χ0v) is 18.1. The number of hydrogen-bond donors (Lipinski definition) is 2. The lowest BCUT2D eigenvalue weighted by Gasteiger charge is -2.03. The van der Waals surface area contributed by atoms with Crippen molar-refractivity contribution in [3.63, 3.8) is 0 Å². The van der Waals surface area contributed by atoms with Crippen LogP contribution in [0.3, 0.4) is 0 Å². The Balaban J connectivity index is 1.52. The molecule has 6 rings (SSSR count). The summed E-state index contributed by atoms with van der Waals surface area (Å²) in [7, 11) is 1.98. The van der Waals surface area contributed by atoms with Crippen LogP contribution >= 0.6 is 22.9 Å². The SMILES string of the molecule is Cc1ncc(-c2ccc3[nH]nc(-c4nc5c(-c6ccc(Cl)s6)nccc5[nH]4)c3n2)n1C. The van der Waals surface area contributed by atoms with E-state index in [0.717, 1.165) is 49.9 Å². The van der Waals surface area contributed by atoms with Crippen molar-refractivity contribution in [2.75, 3.05) is 0 Å². The third-order valence-corrected chi connectivity index (χ3v) is 6.56. The van der Waals surface area contributed by atoms with Crippen LogP contribution in [0.1, 0.15) is 5.82 Å². The number of H-pyrrole nitrogens is 2. The van der Waals surface area contributed by atoms with Gasteiger partial charge < -0.3 is 9.55 Å². The molecule has 0 aliphatic carbocycles. The molecule has 0 bridgehead atoms. The average molecular weight is 447 g/mol. The van der Waals surface area contributed by atoms with Crippen LogP contribution in [0.4, 0.5) is 0 Å². The first-order chi connectivity index (χ1) is 15.1. The molecule has 6 aromatic heterocycles. The molecule has 0 fully saturated rings. The molecule has 0 spiro atoms. The number of nitrogens with one attached hydrogen (secondary N) is 2. The Bertz CT molecular complexity index is 1590. The van der Waals surface area contributed by atoms with E-state index in [1.807, 2.05) is 55.1 Å². The molecule has 2 N–H and O–H groups in total. The van der Waals surface area contributed by atoms with E-state index in [1.54, 1.807) is 6.20 Å². The summed E-state index contributed by atoms with van der Waals surface area (Å²) in [4.78, 5) is 22.9. The lowest BCUT2D eigenvalue weighted by atomic mass is 10.2. The van der Waals surface area contributed by atoms with E-state index >= 15 is 0 Å². The number of fused-ring (bicyclic) bond motifs is 2. The maximum absolute atomic E-state index is 6.13. The van der Waals surface area contributed by atoms with Gasteiger partial charge in [0.2, 0.25) is 0 Å². The largest absolute Gasteiger partial charge is 0.336 e. The molecule has 6 aromatic rings. The van der Waals surface area contributed by atoms with Crippen molar-refractivity contribution >= 4 is 45.0 Å². The normalized spacial score (nSPS) is 11.7. The summed E-state index contributed by atoms with van der Waals surface area (Å²) >= 11 is 7.60. The Morgan fingerprint density at radius 2 is 1.84 bits per heavy atom. The van der Waals surface area contributed by atoms with Crippen LogP contribution in [-0.4, -0.2) is 39.7 Å². The fraction of sp³-hybridized carbons (Fsp3) is 0.0952. The van der Waals surface area contributed by atoms with Crippen molar-refractivity contribution in [1.82, 2.24) is 39.7 Å². The molecule has 0 aromatic carbocycles. The monoisotopic (exact) mass is 446 g/mol. The summed E-state index contributed by atoms with van der Waals surface area (Å²) in [6.45, 7) is 1.96. The summed E-state index contributed by atoms with van der Waals surface area (Å²) in [5, 5.41) is 7.54. The van der Waals surface area contributed by atoms with E-state index in [2.05, 4.69) is 25.1 Å². The first-order valence-electron chi connectivity index (χ1n) is 9.53. The number of nitrogens with zero attached hydrogens (tertiary/aromatic N) is 6. The van der Waals surface area contributed by atoms with Gasteiger partial charge in [0.05, 0.1) is 37.8 Å². The fourth-order valence-corrected chi connectivity index (χ4v) is 4.66. The van der Waals surface area contributed by atoms with Crippen molar-refractivity contribution in [3.05, 3.63) is 52.9 Å². The van der Waals surface area contributed by atoms with Gasteiger partial charge in [-0.15, -0.1) is 11.3 Å². The predicted octanol–water partition coefficient (Wildman–Crippen LogP) is 4.99. The minimum Gasteiger partial charge on any atom is -0.336 e. The molecule has 8 nitrogen and oxygen atoms in total. The number of aryl methyl sites for hydroxylation is 1. The van der Waals surface area contributed by atoms with Gasteiger partial charge >= 0.3 is 0 Å². The number of pyridine rings is 2. The Morgan fingerprint density at radius 1 is 0.968 bits per heavy atom. The molecule has 0 saturated heterocycles. The Morgan fingerprint density at radius 3 is 2.61 bits per heavy atom. The van der Waals surface area contributed by atoms with Gasteiger partial charge in [-0.2, -0.15) is 5.10 Å². The number of imidazole rings is 2. The van der Waals surface area contributed by atoms with Crippen LogP contribution < -0.4 is 0 Å². The van der Waals surface area contributed by atoms with E-state index < -0.39 is 0 Å². The van der Waals surface area contributed by atoms with Crippen molar-refractivity contribution in [2.45, 2.75) is 6.92 Å². The van der Waals surface area contributed by atoms with Crippen molar-refractivity contribution < 1.29 is 0 Å². The lowest BCUT2D eigenvalue weighted by molar-refractivity contribution is 0.862. The number of thiophene rings is 1. The van der Waals surface area contributed by atoms with Gasteiger partial charge in [0.1, 0.15) is 22.6 Å². The van der Waals surface area contributed by atoms with Gasteiger partial charge in [0.15, 0.2) is 11.5 Å². The van der Waals surface area contributed by atoms with E-state index in [4.69, 9.17) is 21.6 Å². The quantitative estimate of drug-likeness (QED) is 0.399. The number of rotatable bonds is 3.